The molecule has 0 unspecified atom stereocenters. The Balaban J connectivity index is 0.000000179. The van der Waals surface area contributed by atoms with Gasteiger partial charge in [-0.05, 0) is 109 Å². The fourth-order valence-electron chi connectivity index (χ4n) is 5.48. The number of nitrogens with one attached hydrogen (secondary N) is 1. The maximum atomic E-state index is 12.2. The van der Waals surface area contributed by atoms with Crippen LogP contribution in [0, 0.1) is 6.92 Å². The third-order valence-corrected chi connectivity index (χ3v) is 7.62. The van der Waals surface area contributed by atoms with Gasteiger partial charge in [-0.25, -0.2) is 15.0 Å². The number of rotatable bonds is 7. The van der Waals surface area contributed by atoms with Crippen molar-refractivity contribution in [3.63, 3.8) is 0 Å². The number of benzene rings is 4. The highest BCUT2D eigenvalue weighted by molar-refractivity contribution is 5.85. The van der Waals surface area contributed by atoms with Crippen molar-refractivity contribution in [2.75, 3.05) is 17.6 Å². The van der Waals surface area contributed by atoms with E-state index in [1.165, 1.54) is 0 Å². The maximum Gasteiger partial charge on any atom is 0.326 e. The number of imidazole rings is 1. The number of para-hydroxylation sites is 4. The summed E-state index contributed by atoms with van der Waals surface area (Å²) in [5.41, 5.74) is 12.6. The number of esters is 2. The lowest BCUT2D eigenvalue weighted by molar-refractivity contribution is -0.155. The Kier molecular flexibility index (Phi) is 9.75. The molecule has 0 atom stereocenters. The van der Waals surface area contributed by atoms with Crippen LogP contribution in [0.2, 0.25) is 0 Å². The van der Waals surface area contributed by atoms with Crippen molar-refractivity contribution >= 4 is 56.5 Å². The summed E-state index contributed by atoms with van der Waals surface area (Å²) in [5, 5.41) is 2.99. The molecule has 3 aromatic heterocycles. The molecule has 12 heteroatoms. The Labute approximate surface area is 301 Å². The Morgan fingerprint density at radius 1 is 0.712 bits per heavy atom. The molecule has 3 N–H and O–H groups in total. The van der Waals surface area contributed by atoms with Crippen molar-refractivity contribution in [2.45, 2.75) is 66.2 Å². The molecule has 0 amide bonds. The summed E-state index contributed by atoms with van der Waals surface area (Å²) in [7, 11) is 0. The summed E-state index contributed by atoms with van der Waals surface area (Å²) in [6.07, 6.45) is 0. The zero-order chi connectivity index (χ0) is 37.2. The molecule has 0 fully saturated rings. The molecule has 4 aromatic carbocycles. The minimum Gasteiger partial charge on any atom is -0.459 e. The second-order valence-corrected chi connectivity index (χ2v) is 14.3. The van der Waals surface area contributed by atoms with Gasteiger partial charge >= 0.3 is 11.9 Å². The molecule has 3 heterocycles. The summed E-state index contributed by atoms with van der Waals surface area (Å²) >= 11 is 0. The van der Waals surface area contributed by atoms with Crippen LogP contribution in [-0.4, -0.2) is 49.2 Å². The maximum absolute atomic E-state index is 12.2. The lowest BCUT2D eigenvalue weighted by atomic mass is 10.1. The van der Waals surface area contributed by atoms with Crippen LogP contribution >= 0.6 is 0 Å². The Morgan fingerprint density at radius 3 is 1.81 bits per heavy atom. The predicted octanol–water partition coefficient (Wildman–Crippen LogP) is 8.33. The first-order chi connectivity index (χ1) is 24.6. The van der Waals surface area contributed by atoms with Gasteiger partial charge in [0, 0.05) is 11.1 Å². The summed E-state index contributed by atoms with van der Waals surface area (Å²) in [6, 6.07) is 26.4. The number of carbonyl (C=O) groups excluding carboxylic acids is 2. The lowest BCUT2D eigenvalue weighted by Gasteiger charge is -2.20. The van der Waals surface area contributed by atoms with Gasteiger partial charge in [0.2, 0.25) is 11.8 Å². The van der Waals surface area contributed by atoms with Gasteiger partial charge in [-0.15, -0.1) is 0 Å². The molecule has 0 aliphatic carbocycles. The van der Waals surface area contributed by atoms with Crippen LogP contribution in [0.15, 0.2) is 93.8 Å². The normalized spacial score (nSPS) is 11.8. The molecular formula is C40H42N6O6. The van der Waals surface area contributed by atoms with Gasteiger partial charge in [0.15, 0.2) is 11.2 Å². The van der Waals surface area contributed by atoms with Crippen molar-refractivity contribution in [1.29, 1.82) is 0 Å². The SMILES string of the molecule is CC(C)(C)OC(=O)CNc1ccc(-c2nc3ccccc3o2)cc1N.Cc1nc2cc(-c3nc4ccccc4o3)ccc2n1CC(=O)OC(C)(C)C. The number of ether oxygens (including phenoxy) is 2. The molecule has 7 aromatic rings. The predicted molar refractivity (Wildman–Crippen MR) is 202 cm³/mol. The first kappa shape index (κ1) is 35.6. The van der Waals surface area contributed by atoms with Crippen LogP contribution in [0.25, 0.3) is 56.1 Å². The smallest absolute Gasteiger partial charge is 0.326 e. The highest BCUT2D eigenvalue weighted by Crippen LogP contribution is 2.30. The topological polar surface area (TPSA) is 161 Å². The lowest BCUT2D eigenvalue weighted by Crippen LogP contribution is -2.28. The molecule has 0 bridgehead atoms. The molecule has 52 heavy (non-hydrogen) atoms. The van der Waals surface area contributed by atoms with E-state index >= 15 is 0 Å². The number of nitrogen functional groups attached to an aromatic ring is 1. The van der Waals surface area contributed by atoms with Gasteiger partial charge in [-0.1, -0.05) is 24.3 Å². The number of nitrogens with zero attached hydrogens (tertiary/aromatic N) is 4. The number of carbonyl (C=O) groups is 2. The summed E-state index contributed by atoms with van der Waals surface area (Å²) in [4.78, 5) is 37.6. The number of aryl methyl sites for hydroxylation is 1. The van der Waals surface area contributed by atoms with Gasteiger partial charge in [0.1, 0.15) is 41.1 Å². The first-order valence-electron chi connectivity index (χ1n) is 16.9. The minimum absolute atomic E-state index is 0.0453. The fraction of sp³-hybridized carbons (Fsp3) is 0.275. The largest absolute Gasteiger partial charge is 0.459 e. The number of anilines is 2. The van der Waals surface area contributed by atoms with E-state index < -0.39 is 11.2 Å². The summed E-state index contributed by atoms with van der Waals surface area (Å²) in [5.74, 6) is 1.19. The standard InChI is InChI=1S/C21H21N3O3.C19H21N3O3/c1-13-22-16-11-14(20-23-15-7-5-6-8-18(15)26-20)9-10-17(16)24(13)12-19(25)27-21(2,3)4;1-19(2,3)25-17(23)11-21-14-9-8-12(10-13(14)20)18-22-15-6-4-5-7-16(15)24-18/h5-11H,12H2,1-4H3;4-10,21H,11,20H2,1-3H3. The van der Waals surface area contributed by atoms with Crippen molar-refractivity contribution in [1.82, 2.24) is 19.5 Å². The third kappa shape index (κ3) is 8.58. The molecular weight excluding hydrogens is 660 g/mol. The quantitative estimate of drug-likeness (QED) is 0.121. The van der Waals surface area contributed by atoms with Crippen LogP contribution < -0.4 is 11.1 Å². The molecule has 0 saturated heterocycles. The third-order valence-electron chi connectivity index (χ3n) is 7.62. The van der Waals surface area contributed by atoms with E-state index in [2.05, 4.69) is 20.3 Å². The van der Waals surface area contributed by atoms with Crippen LogP contribution in [0.5, 0.6) is 0 Å². The molecule has 0 aliphatic heterocycles. The van der Waals surface area contributed by atoms with Gasteiger partial charge in [0.05, 0.1) is 22.4 Å². The number of fused-ring (bicyclic) bond motifs is 3. The number of hydrogen-bond acceptors (Lipinski definition) is 11. The monoisotopic (exact) mass is 702 g/mol. The van der Waals surface area contributed by atoms with Gasteiger partial charge in [0.25, 0.3) is 0 Å². The van der Waals surface area contributed by atoms with E-state index in [4.69, 9.17) is 24.0 Å². The van der Waals surface area contributed by atoms with Crippen molar-refractivity contribution in [3.05, 3.63) is 90.8 Å². The summed E-state index contributed by atoms with van der Waals surface area (Å²) in [6.45, 7) is 13.1. The van der Waals surface area contributed by atoms with Crippen molar-refractivity contribution in [3.8, 4) is 22.9 Å². The highest BCUT2D eigenvalue weighted by Gasteiger charge is 2.20. The zero-order valence-electron chi connectivity index (χ0n) is 30.3. The van der Waals surface area contributed by atoms with Crippen molar-refractivity contribution in [2.24, 2.45) is 0 Å². The van der Waals surface area contributed by atoms with E-state index in [1.54, 1.807) is 12.1 Å². The average Bonchev–Trinajstić information content (AvgIpc) is 3.78. The molecule has 0 spiro atoms. The highest BCUT2D eigenvalue weighted by atomic mass is 16.6. The van der Waals surface area contributed by atoms with E-state index in [0.29, 0.717) is 23.2 Å². The van der Waals surface area contributed by atoms with Gasteiger partial charge < -0.3 is 33.9 Å². The number of oxazole rings is 2. The van der Waals surface area contributed by atoms with E-state index in [1.807, 2.05) is 126 Å². The van der Waals surface area contributed by atoms with Crippen molar-refractivity contribution < 1.29 is 27.9 Å². The summed E-state index contributed by atoms with van der Waals surface area (Å²) < 4.78 is 24.1. The molecule has 0 radical (unpaired) electrons. The molecule has 268 valence electrons. The van der Waals surface area contributed by atoms with Gasteiger partial charge in [-0.3, -0.25) is 9.59 Å². The van der Waals surface area contributed by atoms with Crippen LogP contribution in [-0.2, 0) is 25.6 Å². The van der Waals surface area contributed by atoms with E-state index in [0.717, 1.165) is 50.2 Å². The first-order valence-corrected chi connectivity index (χ1v) is 16.9. The molecule has 0 aliphatic rings. The zero-order valence-corrected chi connectivity index (χ0v) is 30.3. The van der Waals surface area contributed by atoms with Crippen LogP contribution in [0.3, 0.4) is 0 Å². The molecule has 0 saturated carbocycles. The number of aromatic nitrogens is 4. The molecule has 7 rings (SSSR count). The fourth-order valence-corrected chi connectivity index (χ4v) is 5.48. The second kappa shape index (κ2) is 14.2. The average molecular weight is 703 g/mol. The second-order valence-electron chi connectivity index (χ2n) is 14.3. The van der Waals surface area contributed by atoms with Crippen LogP contribution in [0.1, 0.15) is 47.4 Å². The van der Waals surface area contributed by atoms with Gasteiger partial charge in [-0.2, -0.15) is 0 Å². The van der Waals surface area contributed by atoms with E-state index in [9.17, 15) is 9.59 Å². The Bertz CT molecular complexity index is 2330. The number of hydrogen-bond donors (Lipinski definition) is 2. The Morgan fingerprint density at radius 2 is 1.25 bits per heavy atom. The van der Waals surface area contributed by atoms with E-state index in [-0.39, 0.29) is 25.0 Å². The van der Waals surface area contributed by atoms with Crippen LogP contribution in [0.4, 0.5) is 11.4 Å². The Hall–Kier alpha value is -6.17. The minimum atomic E-state index is -0.513. The molecule has 12 nitrogen and oxygen atoms in total. The number of nitrogens with two attached hydrogens (primary N) is 1.